The molecule has 0 aliphatic carbocycles. The highest BCUT2D eigenvalue weighted by molar-refractivity contribution is 7.07. The van der Waals surface area contributed by atoms with Gasteiger partial charge in [0.15, 0.2) is 5.76 Å². The first-order valence-electron chi connectivity index (χ1n) is 9.94. The second-order valence-electron chi connectivity index (χ2n) is 7.31. The van der Waals surface area contributed by atoms with Gasteiger partial charge in [-0.25, -0.2) is 0 Å². The molecule has 2 aromatic heterocycles. The lowest BCUT2D eigenvalue weighted by molar-refractivity contribution is 0.0932. The van der Waals surface area contributed by atoms with E-state index in [1.165, 1.54) is 11.1 Å². The lowest BCUT2D eigenvalue weighted by Crippen LogP contribution is -2.47. The van der Waals surface area contributed by atoms with E-state index in [2.05, 4.69) is 52.9 Å². The van der Waals surface area contributed by atoms with Gasteiger partial charge in [-0.15, -0.1) is 0 Å². The minimum atomic E-state index is -0.0504. The van der Waals surface area contributed by atoms with Crippen molar-refractivity contribution in [3.05, 3.63) is 76.4 Å². The van der Waals surface area contributed by atoms with Gasteiger partial charge >= 0.3 is 0 Å². The molecular formula is C23H26N2O2S. The van der Waals surface area contributed by atoms with Crippen LogP contribution in [0.4, 0.5) is 5.69 Å². The van der Waals surface area contributed by atoms with Crippen LogP contribution in [-0.2, 0) is 13.0 Å². The molecule has 3 aromatic rings. The van der Waals surface area contributed by atoms with Gasteiger partial charge in [0.25, 0.3) is 5.91 Å². The summed E-state index contributed by atoms with van der Waals surface area (Å²) in [5.74, 6) is 0.353. The Morgan fingerprint density at radius 2 is 1.93 bits per heavy atom. The Balaban J connectivity index is 1.51. The summed E-state index contributed by atoms with van der Waals surface area (Å²) in [4.78, 5) is 17.6. The number of likely N-dealkylation sites (tertiary alicyclic amines) is 1. The number of carbonyl (C=O) groups is 1. The number of amides is 1. The van der Waals surface area contributed by atoms with E-state index in [0.29, 0.717) is 5.76 Å². The van der Waals surface area contributed by atoms with E-state index < -0.39 is 0 Å². The van der Waals surface area contributed by atoms with Crippen LogP contribution in [0, 0.1) is 0 Å². The topological polar surface area (TPSA) is 36.7 Å². The van der Waals surface area contributed by atoms with Crippen molar-refractivity contribution < 1.29 is 9.21 Å². The maximum atomic E-state index is 13.2. The van der Waals surface area contributed by atoms with Crippen LogP contribution in [0.1, 0.15) is 41.4 Å². The minimum Gasteiger partial charge on any atom is -0.459 e. The monoisotopic (exact) mass is 394 g/mol. The van der Waals surface area contributed by atoms with Crippen molar-refractivity contribution in [3.8, 4) is 0 Å². The third-order valence-corrected chi connectivity index (χ3v) is 6.21. The number of hydrogen-bond donors (Lipinski definition) is 0. The summed E-state index contributed by atoms with van der Waals surface area (Å²) in [6.07, 6.45) is 4.49. The number of carbonyl (C=O) groups excluding carboxylic acids is 1. The SMILES string of the molecule is CCc1ccc(N(C(=O)c2ccco2)C2CCN(Cc3ccsc3)CC2)cc1. The molecule has 0 radical (unpaired) electrons. The summed E-state index contributed by atoms with van der Waals surface area (Å²) >= 11 is 1.75. The molecule has 0 spiro atoms. The van der Waals surface area contributed by atoms with Crippen molar-refractivity contribution in [2.75, 3.05) is 18.0 Å². The van der Waals surface area contributed by atoms with Crippen LogP contribution < -0.4 is 4.90 Å². The van der Waals surface area contributed by atoms with E-state index in [1.54, 1.807) is 29.7 Å². The highest BCUT2D eigenvalue weighted by atomic mass is 32.1. The normalized spacial score (nSPS) is 15.6. The molecule has 0 N–H and O–H groups in total. The molecule has 4 nitrogen and oxygen atoms in total. The molecule has 1 aliphatic rings. The number of thiophene rings is 1. The quantitative estimate of drug-likeness (QED) is 0.575. The van der Waals surface area contributed by atoms with Gasteiger partial charge in [-0.2, -0.15) is 11.3 Å². The number of piperidine rings is 1. The molecular weight excluding hydrogens is 368 g/mol. The summed E-state index contributed by atoms with van der Waals surface area (Å²) in [7, 11) is 0. The maximum Gasteiger partial charge on any atom is 0.294 e. The molecule has 146 valence electrons. The molecule has 1 saturated heterocycles. The molecule has 28 heavy (non-hydrogen) atoms. The summed E-state index contributed by atoms with van der Waals surface area (Å²) in [5, 5.41) is 4.35. The van der Waals surface area contributed by atoms with Crippen LogP contribution >= 0.6 is 11.3 Å². The zero-order valence-corrected chi connectivity index (χ0v) is 17.0. The van der Waals surface area contributed by atoms with Crippen LogP contribution in [0.25, 0.3) is 0 Å². The Kier molecular flexibility index (Phi) is 5.93. The Morgan fingerprint density at radius 1 is 1.14 bits per heavy atom. The first-order valence-corrected chi connectivity index (χ1v) is 10.9. The summed E-state index contributed by atoms with van der Waals surface area (Å²) in [6, 6.07) is 14.3. The second kappa shape index (κ2) is 8.76. The largest absolute Gasteiger partial charge is 0.459 e. The fourth-order valence-corrected chi connectivity index (χ4v) is 4.54. The third kappa shape index (κ3) is 4.21. The number of hydrogen-bond acceptors (Lipinski definition) is 4. The van der Waals surface area contributed by atoms with Crippen molar-refractivity contribution in [2.45, 2.75) is 38.8 Å². The van der Waals surface area contributed by atoms with Crippen molar-refractivity contribution in [3.63, 3.8) is 0 Å². The number of aryl methyl sites for hydroxylation is 1. The highest BCUT2D eigenvalue weighted by Gasteiger charge is 2.31. The average Bonchev–Trinajstić information content (AvgIpc) is 3.44. The van der Waals surface area contributed by atoms with E-state index in [1.807, 2.05) is 4.90 Å². The van der Waals surface area contributed by atoms with Gasteiger partial charge in [0.2, 0.25) is 0 Å². The van der Waals surface area contributed by atoms with Gasteiger partial charge < -0.3 is 9.32 Å². The molecule has 5 heteroatoms. The lowest BCUT2D eigenvalue weighted by Gasteiger charge is -2.38. The molecule has 3 heterocycles. The van der Waals surface area contributed by atoms with E-state index in [-0.39, 0.29) is 11.9 Å². The molecule has 1 amide bonds. The summed E-state index contributed by atoms with van der Waals surface area (Å²) in [5.41, 5.74) is 3.61. The highest BCUT2D eigenvalue weighted by Crippen LogP contribution is 2.27. The van der Waals surface area contributed by atoms with Crippen molar-refractivity contribution >= 4 is 22.9 Å². The minimum absolute atomic E-state index is 0.0504. The zero-order valence-electron chi connectivity index (χ0n) is 16.2. The standard InChI is InChI=1S/C23H26N2O2S/c1-2-18-5-7-20(8-6-18)25(23(26)22-4-3-14-27-22)21-9-12-24(13-10-21)16-19-11-15-28-17-19/h3-8,11,14-15,17,21H,2,9-10,12-13,16H2,1H3. The predicted octanol–water partition coefficient (Wildman–Crippen LogP) is 5.21. The molecule has 1 fully saturated rings. The van der Waals surface area contributed by atoms with Gasteiger partial charge in [-0.05, 0) is 71.5 Å². The van der Waals surface area contributed by atoms with Crippen LogP contribution in [0.3, 0.4) is 0 Å². The van der Waals surface area contributed by atoms with Gasteiger partial charge in [0.05, 0.1) is 6.26 Å². The van der Waals surface area contributed by atoms with Crippen molar-refractivity contribution in [1.29, 1.82) is 0 Å². The van der Waals surface area contributed by atoms with E-state index >= 15 is 0 Å². The Hall–Kier alpha value is -2.37. The Morgan fingerprint density at radius 3 is 2.54 bits per heavy atom. The number of benzene rings is 1. The molecule has 1 aromatic carbocycles. The maximum absolute atomic E-state index is 13.2. The van der Waals surface area contributed by atoms with Gasteiger partial charge in [0.1, 0.15) is 0 Å². The van der Waals surface area contributed by atoms with Gasteiger partial charge in [-0.1, -0.05) is 19.1 Å². The third-order valence-electron chi connectivity index (χ3n) is 5.48. The fourth-order valence-electron chi connectivity index (χ4n) is 3.88. The predicted molar refractivity (Wildman–Crippen MR) is 114 cm³/mol. The van der Waals surface area contributed by atoms with Crippen LogP contribution in [0.2, 0.25) is 0 Å². The summed E-state index contributed by atoms with van der Waals surface area (Å²) < 4.78 is 5.42. The average molecular weight is 395 g/mol. The number of anilines is 1. The Bertz CT molecular complexity index is 864. The van der Waals surface area contributed by atoms with Gasteiger partial charge in [0, 0.05) is 31.4 Å². The zero-order chi connectivity index (χ0) is 19.3. The molecule has 0 bridgehead atoms. The lowest BCUT2D eigenvalue weighted by atomic mass is 10.0. The van der Waals surface area contributed by atoms with Crippen LogP contribution in [0.5, 0.6) is 0 Å². The number of furan rings is 1. The molecule has 0 saturated carbocycles. The first-order chi connectivity index (χ1) is 13.7. The molecule has 4 rings (SSSR count). The van der Waals surface area contributed by atoms with Crippen molar-refractivity contribution in [2.24, 2.45) is 0 Å². The first kappa shape index (κ1) is 19.0. The molecule has 0 atom stereocenters. The summed E-state index contributed by atoms with van der Waals surface area (Å²) in [6.45, 7) is 5.13. The second-order valence-corrected chi connectivity index (χ2v) is 8.09. The number of rotatable bonds is 6. The van der Waals surface area contributed by atoms with E-state index in [0.717, 1.165) is 44.6 Å². The van der Waals surface area contributed by atoms with Crippen LogP contribution in [0.15, 0.2) is 63.9 Å². The Labute approximate surface area is 170 Å². The fraction of sp³-hybridized carbons (Fsp3) is 0.348. The molecule has 1 aliphatic heterocycles. The van der Waals surface area contributed by atoms with E-state index in [9.17, 15) is 4.79 Å². The number of nitrogens with zero attached hydrogens (tertiary/aromatic N) is 2. The van der Waals surface area contributed by atoms with Crippen LogP contribution in [-0.4, -0.2) is 29.9 Å². The van der Waals surface area contributed by atoms with E-state index in [4.69, 9.17) is 4.42 Å². The smallest absolute Gasteiger partial charge is 0.294 e. The van der Waals surface area contributed by atoms with Crippen molar-refractivity contribution in [1.82, 2.24) is 4.90 Å². The van der Waals surface area contributed by atoms with Gasteiger partial charge in [-0.3, -0.25) is 9.69 Å². The molecule has 0 unspecified atom stereocenters.